The van der Waals surface area contributed by atoms with Gasteiger partial charge < -0.3 is 20.2 Å². The highest BCUT2D eigenvalue weighted by Gasteiger charge is 2.17. The van der Waals surface area contributed by atoms with Gasteiger partial charge in [-0.25, -0.2) is 4.79 Å². The Morgan fingerprint density at radius 1 is 1.29 bits per heavy atom. The fourth-order valence-corrected chi connectivity index (χ4v) is 2.21. The summed E-state index contributed by atoms with van der Waals surface area (Å²) in [5.74, 6) is 0.185. The summed E-state index contributed by atoms with van der Waals surface area (Å²) >= 11 is 0. The SMILES string of the molecule is COC(=O)c1cc(CNC(=O)[C@@H](N)Cc2ccccc2)oc1C.Cl. The van der Waals surface area contributed by atoms with Crippen LogP contribution in [0, 0.1) is 6.92 Å². The molecule has 130 valence electrons. The lowest BCUT2D eigenvalue weighted by atomic mass is 10.1. The van der Waals surface area contributed by atoms with E-state index in [9.17, 15) is 9.59 Å². The second-order valence-corrected chi connectivity index (χ2v) is 5.19. The number of benzene rings is 1. The summed E-state index contributed by atoms with van der Waals surface area (Å²) in [6, 6.07) is 10.5. The van der Waals surface area contributed by atoms with Crippen molar-refractivity contribution in [1.82, 2.24) is 5.32 Å². The fourth-order valence-electron chi connectivity index (χ4n) is 2.21. The van der Waals surface area contributed by atoms with E-state index in [-0.39, 0.29) is 24.9 Å². The molecule has 0 radical (unpaired) electrons. The Morgan fingerprint density at radius 3 is 2.58 bits per heavy atom. The van der Waals surface area contributed by atoms with Crippen LogP contribution >= 0.6 is 12.4 Å². The van der Waals surface area contributed by atoms with Gasteiger partial charge in [0.25, 0.3) is 0 Å². The van der Waals surface area contributed by atoms with Crippen LogP contribution in [0.2, 0.25) is 0 Å². The molecule has 1 aromatic heterocycles. The van der Waals surface area contributed by atoms with E-state index in [2.05, 4.69) is 10.1 Å². The zero-order valence-electron chi connectivity index (χ0n) is 13.6. The smallest absolute Gasteiger partial charge is 0.341 e. The molecule has 2 rings (SSSR count). The number of carbonyl (C=O) groups excluding carboxylic acids is 2. The molecule has 0 aliphatic carbocycles. The van der Waals surface area contributed by atoms with Gasteiger partial charge in [0.1, 0.15) is 17.1 Å². The summed E-state index contributed by atoms with van der Waals surface area (Å²) in [4.78, 5) is 23.5. The fraction of sp³-hybridized carbons (Fsp3) is 0.294. The second-order valence-electron chi connectivity index (χ2n) is 5.19. The molecule has 3 N–H and O–H groups in total. The van der Waals surface area contributed by atoms with E-state index in [1.807, 2.05) is 30.3 Å². The average Bonchev–Trinajstić information content (AvgIpc) is 2.93. The summed E-state index contributed by atoms with van der Waals surface area (Å²) in [5.41, 5.74) is 7.25. The Hall–Kier alpha value is -2.31. The number of nitrogens with two attached hydrogens (primary N) is 1. The van der Waals surface area contributed by atoms with E-state index in [1.54, 1.807) is 13.0 Å². The van der Waals surface area contributed by atoms with Crippen molar-refractivity contribution in [2.75, 3.05) is 7.11 Å². The number of ether oxygens (including phenoxy) is 1. The quantitative estimate of drug-likeness (QED) is 0.775. The van der Waals surface area contributed by atoms with Crippen LogP contribution in [0.3, 0.4) is 0 Å². The molecular formula is C17H21ClN2O4. The van der Waals surface area contributed by atoms with Crippen LogP contribution in [0.1, 0.15) is 27.4 Å². The maximum atomic E-state index is 12.0. The summed E-state index contributed by atoms with van der Waals surface area (Å²) in [6.07, 6.45) is 0.456. The van der Waals surface area contributed by atoms with Crippen LogP contribution in [0.15, 0.2) is 40.8 Å². The molecule has 0 unspecified atom stereocenters. The summed E-state index contributed by atoms with van der Waals surface area (Å²) in [7, 11) is 1.30. The molecule has 24 heavy (non-hydrogen) atoms. The van der Waals surface area contributed by atoms with Crippen LogP contribution < -0.4 is 11.1 Å². The van der Waals surface area contributed by atoms with Crippen molar-refractivity contribution < 1.29 is 18.7 Å². The molecule has 1 amide bonds. The lowest BCUT2D eigenvalue weighted by Gasteiger charge is -2.11. The van der Waals surface area contributed by atoms with Crippen molar-refractivity contribution in [2.45, 2.75) is 25.9 Å². The maximum absolute atomic E-state index is 12.0. The van der Waals surface area contributed by atoms with Gasteiger partial charge in [0.2, 0.25) is 5.91 Å². The Morgan fingerprint density at radius 2 is 1.96 bits per heavy atom. The molecule has 0 spiro atoms. The molecule has 0 fully saturated rings. The molecule has 1 atom stereocenters. The first-order valence-corrected chi connectivity index (χ1v) is 7.26. The first-order valence-electron chi connectivity index (χ1n) is 7.26. The minimum Gasteiger partial charge on any atom is -0.465 e. The Kier molecular flexibility index (Phi) is 7.48. The lowest BCUT2D eigenvalue weighted by molar-refractivity contribution is -0.122. The first-order chi connectivity index (χ1) is 11.0. The highest BCUT2D eigenvalue weighted by Crippen LogP contribution is 2.15. The van der Waals surface area contributed by atoms with E-state index < -0.39 is 12.0 Å². The molecule has 2 aromatic rings. The van der Waals surface area contributed by atoms with Crippen molar-refractivity contribution in [3.63, 3.8) is 0 Å². The molecule has 7 heteroatoms. The topological polar surface area (TPSA) is 94.6 Å². The van der Waals surface area contributed by atoms with E-state index in [1.165, 1.54) is 7.11 Å². The van der Waals surface area contributed by atoms with Crippen molar-refractivity contribution in [3.8, 4) is 0 Å². The van der Waals surface area contributed by atoms with Crippen molar-refractivity contribution in [3.05, 3.63) is 59.0 Å². The monoisotopic (exact) mass is 352 g/mol. The predicted molar refractivity (Wildman–Crippen MR) is 92.0 cm³/mol. The zero-order valence-corrected chi connectivity index (χ0v) is 14.4. The Labute approximate surface area is 146 Å². The van der Waals surface area contributed by atoms with Gasteiger partial charge >= 0.3 is 5.97 Å². The third kappa shape index (κ3) is 5.11. The van der Waals surface area contributed by atoms with Gasteiger partial charge in [-0.15, -0.1) is 12.4 Å². The van der Waals surface area contributed by atoms with E-state index in [0.717, 1.165) is 5.56 Å². The highest BCUT2D eigenvalue weighted by atomic mass is 35.5. The van der Waals surface area contributed by atoms with Crippen LogP contribution in [0.4, 0.5) is 0 Å². The van der Waals surface area contributed by atoms with Crippen molar-refractivity contribution in [2.24, 2.45) is 5.73 Å². The zero-order chi connectivity index (χ0) is 16.8. The summed E-state index contributed by atoms with van der Waals surface area (Å²) in [5, 5.41) is 2.71. The number of furan rings is 1. The number of methoxy groups -OCH3 is 1. The third-order valence-electron chi connectivity index (χ3n) is 3.45. The molecule has 1 aromatic carbocycles. The van der Waals surface area contributed by atoms with E-state index >= 15 is 0 Å². The number of hydrogen-bond donors (Lipinski definition) is 2. The molecule has 1 heterocycles. The van der Waals surface area contributed by atoms with Crippen LogP contribution in [0.5, 0.6) is 0 Å². The van der Waals surface area contributed by atoms with E-state index in [4.69, 9.17) is 10.2 Å². The van der Waals surface area contributed by atoms with Gasteiger partial charge in [0.15, 0.2) is 0 Å². The van der Waals surface area contributed by atoms with Gasteiger partial charge in [-0.05, 0) is 25.0 Å². The number of halogens is 1. The average molecular weight is 353 g/mol. The number of carbonyl (C=O) groups is 2. The largest absolute Gasteiger partial charge is 0.465 e. The molecule has 0 saturated heterocycles. The number of nitrogens with one attached hydrogen (secondary N) is 1. The maximum Gasteiger partial charge on any atom is 0.341 e. The predicted octanol–water partition coefficient (Wildman–Crippen LogP) is 1.98. The molecule has 0 aliphatic rings. The standard InChI is InChI=1S/C17H20N2O4.ClH/c1-11-14(17(21)22-2)9-13(23-11)10-19-16(20)15(18)8-12-6-4-3-5-7-12;/h3-7,9,15H,8,10,18H2,1-2H3,(H,19,20);1H/t15-;/m0./s1. The number of amides is 1. The van der Waals surface area contributed by atoms with Gasteiger partial charge in [-0.2, -0.15) is 0 Å². The van der Waals surface area contributed by atoms with Crippen molar-refractivity contribution >= 4 is 24.3 Å². The van der Waals surface area contributed by atoms with Crippen LogP contribution in [0.25, 0.3) is 0 Å². The summed E-state index contributed by atoms with van der Waals surface area (Å²) in [6.45, 7) is 1.83. The highest BCUT2D eigenvalue weighted by molar-refractivity contribution is 5.90. The van der Waals surface area contributed by atoms with Gasteiger partial charge in [0.05, 0.1) is 19.7 Å². The number of hydrogen-bond acceptors (Lipinski definition) is 5. The lowest BCUT2D eigenvalue weighted by Crippen LogP contribution is -2.41. The molecule has 0 aliphatic heterocycles. The minimum atomic E-state index is -0.645. The number of aryl methyl sites for hydroxylation is 1. The number of rotatable bonds is 6. The summed E-state index contributed by atoms with van der Waals surface area (Å²) < 4.78 is 10.1. The molecule has 0 bridgehead atoms. The number of esters is 1. The van der Waals surface area contributed by atoms with Crippen molar-refractivity contribution in [1.29, 1.82) is 0 Å². The molecular weight excluding hydrogens is 332 g/mol. The third-order valence-corrected chi connectivity index (χ3v) is 3.45. The van der Waals surface area contributed by atoms with Gasteiger partial charge in [-0.3, -0.25) is 4.79 Å². The Bertz CT molecular complexity index is 685. The first kappa shape index (κ1) is 19.7. The van der Waals surface area contributed by atoms with Gasteiger partial charge in [-0.1, -0.05) is 30.3 Å². The van der Waals surface area contributed by atoms with E-state index in [0.29, 0.717) is 23.5 Å². The van der Waals surface area contributed by atoms with Crippen LogP contribution in [-0.4, -0.2) is 25.0 Å². The molecule has 6 nitrogen and oxygen atoms in total. The minimum absolute atomic E-state index is 0. The second kappa shape index (κ2) is 9.10. The Balaban J connectivity index is 0.00000288. The molecule has 0 saturated carbocycles. The van der Waals surface area contributed by atoms with Gasteiger partial charge in [0, 0.05) is 0 Å². The van der Waals surface area contributed by atoms with Crippen LogP contribution in [-0.2, 0) is 22.5 Å². The normalized spacial score (nSPS) is 11.3.